The van der Waals surface area contributed by atoms with Crippen molar-refractivity contribution in [3.05, 3.63) is 0 Å². The molecule has 1 fully saturated rings. The first-order chi connectivity index (χ1) is 13.8. The van der Waals surface area contributed by atoms with Gasteiger partial charge in [0.05, 0.1) is 16.7 Å². The molecule has 0 saturated carbocycles. The summed E-state index contributed by atoms with van der Waals surface area (Å²) in [4.78, 5) is 11.7. The Morgan fingerprint density at radius 3 is 2.20 bits per heavy atom. The molecule has 0 spiro atoms. The van der Waals surface area contributed by atoms with E-state index in [9.17, 15) is 17.8 Å². The smallest absolute Gasteiger partial charge is 0.748 e. The van der Waals surface area contributed by atoms with Gasteiger partial charge in [0.1, 0.15) is 12.7 Å². The summed E-state index contributed by atoms with van der Waals surface area (Å²) < 4.78 is 49.0. The van der Waals surface area contributed by atoms with Gasteiger partial charge in [0.2, 0.25) is 0 Å². The fraction of sp³-hybridized carbons (Fsp3) is 0.950. The third kappa shape index (κ3) is 14.2. The molecule has 0 aromatic heterocycles. The van der Waals surface area contributed by atoms with Crippen LogP contribution in [0.25, 0.3) is 0 Å². The van der Waals surface area contributed by atoms with Gasteiger partial charge in [-0.3, -0.25) is 0 Å². The molecule has 1 rings (SSSR count). The van der Waals surface area contributed by atoms with E-state index in [1.165, 1.54) is 25.7 Å². The van der Waals surface area contributed by atoms with Crippen LogP contribution in [0.3, 0.4) is 0 Å². The van der Waals surface area contributed by atoms with Crippen molar-refractivity contribution in [3.63, 3.8) is 0 Å². The maximum Gasteiger partial charge on any atom is 1.00 e. The normalized spacial score (nSPS) is 18.0. The summed E-state index contributed by atoms with van der Waals surface area (Å²) in [5.41, 5.74) is 0. The number of rotatable bonds is 16. The second kappa shape index (κ2) is 16.7. The van der Waals surface area contributed by atoms with Crippen LogP contribution < -0.4 is 34.9 Å². The van der Waals surface area contributed by atoms with E-state index in [0.29, 0.717) is 6.61 Å². The van der Waals surface area contributed by atoms with Gasteiger partial charge in [-0.15, -0.1) is 0 Å². The van der Waals surface area contributed by atoms with Gasteiger partial charge in [0.15, 0.2) is 5.79 Å². The second-order valence-corrected chi connectivity index (χ2v) is 9.25. The molecule has 1 unspecified atom stereocenters. The Kier molecular flexibility index (Phi) is 16.7. The van der Waals surface area contributed by atoms with E-state index in [2.05, 4.69) is 19.2 Å². The minimum atomic E-state index is -4.26. The predicted molar refractivity (Wildman–Crippen MR) is 110 cm³/mol. The number of carbonyl (C=O) groups is 1. The summed E-state index contributed by atoms with van der Waals surface area (Å²) >= 11 is 0. The summed E-state index contributed by atoms with van der Waals surface area (Å²) in [5, 5.41) is 2.44. The molecule has 1 aliphatic rings. The molecule has 172 valence electrons. The predicted octanol–water partition coefficient (Wildman–Crippen LogP) is 0.704. The second-order valence-electron chi connectivity index (χ2n) is 7.72. The zero-order chi connectivity index (χ0) is 21.6. The molecule has 1 heterocycles. The van der Waals surface area contributed by atoms with E-state index in [4.69, 9.17) is 14.2 Å². The molecule has 1 aliphatic heterocycles. The molecule has 8 nitrogen and oxygen atoms in total. The monoisotopic (exact) mass is 459 g/mol. The largest absolute Gasteiger partial charge is 1.00 e. The maximum atomic E-state index is 11.7. The number of carbonyl (C=O) groups excluding carboxylic acids is 1. The first-order valence-electron chi connectivity index (χ1n) is 11.0. The van der Waals surface area contributed by atoms with Gasteiger partial charge >= 0.3 is 35.7 Å². The molecule has 1 N–H and O–H groups in total. The molecule has 1 atom stereocenters. The summed E-state index contributed by atoms with van der Waals surface area (Å²) in [6.07, 6.45) is 9.98. The van der Waals surface area contributed by atoms with Crippen LogP contribution in [0, 0.1) is 0 Å². The van der Waals surface area contributed by atoms with E-state index >= 15 is 0 Å². The average molecular weight is 460 g/mol. The Labute approximate surface area is 204 Å². The van der Waals surface area contributed by atoms with Crippen molar-refractivity contribution in [2.45, 2.75) is 96.4 Å². The fourth-order valence-electron chi connectivity index (χ4n) is 3.39. The van der Waals surface area contributed by atoms with Crippen molar-refractivity contribution in [1.82, 2.24) is 5.32 Å². The van der Waals surface area contributed by atoms with Crippen LogP contribution in [0.5, 0.6) is 0 Å². The van der Waals surface area contributed by atoms with Crippen molar-refractivity contribution in [3.8, 4) is 0 Å². The van der Waals surface area contributed by atoms with Crippen molar-refractivity contribution in [2.75, 3.05) is 25.5 Å². The third-order valence-corrected chi connectivity index (χ3v) is 5.77. The number of ether oxygens (including phenoxy) is 3. The Balaban J connectivity index is 0.00000841. The number of hydrogen-bond donors (Lipinski definition) is 1. The summed E-state index contributed by atoms with van der Waals surface area (Å²) in [5.74, 6) is -1.08. The van der Waals surface area contributed by atoms with Crippen molar-refractivity contribution < 1.29 is 61.5 Å². The van der Waals surface area contributed by atoms with Crippen LogP contribution in [0.4, 0.5) is 4.79 Å². The molecule has 1 amide bonds. The Bertz CT molecular complexity index is 547. The zero-order valence-electron chi connectivity index (χ0n) is 18.9. The Morgan fingerprint density at radius 1 is 1.07 bits per heavy atom. The van der Waals surface area contributed by atoms with Gasteiger partial charge in [-0.1, -0.05) is 52.4 Å². The van der Waals surface area contributed by atoms with Gasteiger partial charge in [-0.25, -0.2) is 13.2 Å². The Hall–Kier alpha value is 0.1000. The first-order valence-corrected chi connectivity index (χ1v) is 12.5. The molecular weight excluding hydrogens is 421 g/mol. The number of unbranched alkanes of at least 4 members (excludes halogenated alkanes) is 6. The van der Waals surface area contributed by atoms with Crippen LogP contribution >= 0.6 is 0 Å². The van der Waals surface area contributed by atoms with Crippen LogP contribution in [-0.4, -0.2) is 56.5 Å². The van der Waals surface area contributed by atoms with Gasteiger partial charge < -0.3 is 24.1 Å². The van der Waals surface area contributed by atoms with Crippen LogP contribution in [0.2, 0.25) is 0 Å². The Morgan fingerprint density at radius 2 is 1.67 bits per heavy atom. The van der Waals surface area contributed by atoms with Crippen molar-refractivity contribution in [2.24, 2.45) is 0 Å². The number of nitrogens with one attached hydrogen (secondary N) is 1. The van der Waals surface area contributed by atoms with E-state index in [1.54, 1.807) is 0 Å². The topological polar surface area (TPSA) is 114 Å². The molecule has 0 bridgehead atoms. The molecule has 10 heteroatoms. The van der Waals surface area contributed by atoms with E-state index in [0.717, 1.165) is 38.5 Å². The minimum absolute atomic E-state index is 0. The van der Waals surface area contributed by atoms with Gasteiger partial charge in [-0.05, 0) is 19.3 Å². The van der Waals surface area contributed by atoms with Crippen LogP contribution in [0.15, 0.2) is 0 Å². The molecular formula is C20H38NNaO7S. The number of amides is 1. The minimum Gasteiger partial charge on any atom is -0.748 e. The summed E-state index contributed by atoms with van der Waals surface area (Å²) in [6.45, 7) is 4.91. The SMILES string of the molecule is CCCCCCC1(CCCCCC)OCC(COC(=O)NCCCS(=O)(=O)[O-])O1.[Na+]. The molecule has 0 aromatic rings. The summed E-state index contributed by atoms with van der Waals surface area (Å²) in [7, 11) is -4.26. The molecule has 0 aromatic carbocycles. The van der Waals surface area contributed by atoms with E-state index in [-0.39, 0.29) is 55.2 Å². The van der Waals surface area contributed by atoms with E-state index in [1.807, 2.05) is 0 Å². The molecule has 1 saturated heterocycles. The maximum absolute atomic E-state index is 11.7. The molecule has 0 aliphatic carbocycles. The summed E-state index contributed by atoms with van der Waals surface area (Å²) in [6, 6.07) is 0. The average Bonchev–Trinajstić information content (AvgIpc) is 3.07. The van der Waals surface area contributed by atoms with Crippen LogP contribution in [-0.2, 0) is 24.3 Å². The molecule has 0 radical (unpaired) electrons. The van der Waals surface area contributed by atoms with Gasteiger partial charge in [-0.2, -0.15) is 0 Å². The van der Waals surface area contributed by atoms with E-state index < -0.39 is 27.8 Å². The number of hydrogen-bond acceptors (Lipinski definition) is 7. The first kappa shape index (κ1) is 30.1. The number of alkyl carbamates (subject to hydrolysis) is 1. The molecule has 30 heavy (non-hydrogen) atoms. The standard InChI is InChI=1S/C20H39NO7S.Na/c1-3-5-7-9-12-20(13-10-8-6-4-2)27-17-18(28-20)16-26-19(22)21-14-11-15-29(23,24)25;/h18H,3-17H2,1-2H3,(H,21,22)(H,23,24,25);/q;+1/p-1. The van der Waals surface area contributed by atoms with Crippen LogP contribution in [0.1, 0.15) is 84.5 Å². The fourth-order valence-corrected chi connectivity index (χ4v) is 3.89. The van der Waals surface area contributed by atoms with Gasteiger partial charge in [0.25, 0.3) is 0 Å². The van der Waals surface area contributed by atoms with Gasteiger partial charge in [0, 0.05) is 25.1 Å². The van der Waals surface area contributed by atoms with Crippen molar-refractivity contribution in [1.29, 1.82) is 0 Å². The quantitative estimate of drug-likeness (QED) is 0.205. The van der Waals surface area contributed by atoms with Crippen molar-refractivity contribution >= 4 is 16.2 Å². The third-order valence-electron chi connectivity index (χ3n) is 4.98. The zero-order valence-corrected chi connectivity index (χ0v) is 21.8.